The first kappa shape index (κ1) is 37.4. The molecule has 1 spiro atoms. The van der Waals surface area contributed by atoms with Gasteiger partial charge < -0.3 is 49.9 Å². The Balaban J connectivity index is 1.06. The van der Waals surface area contributed by atoms with E-state index in [2.05, 4.69) is 24.5 Å². The summed E-state index contributed by atoms with van der Waals surface area (Å²) in [7, 11) is -8.54. The van der Waals surface area contributed by atoms with Gasteiger partial charge in [-0.25, -0.2) is 4.79 Å². The molecule has 9 unspecified atom stereocenters. The molecule has 0 aromatic heterocycles. The second kappa shape index (κ2) is 14.8. The Bertz CT molecular complexity index is 1170. The summed E-state index contributed by atoms with van der Waals surface area (Å²) in [5.74, 6) is 1.64. The van der Waals surface area contributed by atoms with Crippen molar-refractivity contribution < 1.29 is 53.4 Å². The van der Waals surface area contributed by atoms with Crippen LogP contribution in [0.3, 0.4) is 0 Å². The quantitative estimate of drug-likeness (QED) is 0.0960. The van der Waals surface area contributed by atoms with E-state index in [9.17, 15) is 43.9 Å². The number of hydrogen-bond donors (Lipinski definition) is 8. The van der Waals surface area contributed by atoms with E-state index in [0.717, 1.165) is 25.7 Å². The van der Waals surface area contributed by atoms with Gasteiger partial charge in [-0.15, -0.1) is 0 Å². The molecule has 2 amide bonds. The highest BCUT2D eigenvalue weighted by atomic mass is 31.2. The predicted octanol–water partition coefficient (Wildman–Crippen LogP) is 3.83. The topological polar surface area (TPSA) is 215 Å². The van der Waals surface area contributed by atoms with Gasteiger partial charge in [0.05, 0.1) is 24.4 Å². The Kier molecular flexibility index (Phi) is 11.7. The smallest absolute Gasteiger partial charge is 0.407 e. The number of unbranched alkanes of at least 4 members (excludes halogenated alkanes) is 3. The first-order valence-corrected chi connectivity index (χ1v) is 20.5. The van der Waals surface area contributed by atoms with Crippen molar-refractivity contribution in [2.24, 2.45) is 35.0 Å². The van der Waals surface area contributed by atoms with Crippen LogP contribution in [0.5, 0.6) is 0 Å². The van der Waals surface area contributed by atoms with Crippen LogP contribution in [0.2, 0.25) is 0 Å². The maximum absolute atomic E-state index is 12.6. The SMILES string of the molecule is CCCCCCC1OC23CC[C@H]4C(C[C@H](O)C5CC(OC(=O)NCC(=O)NCCCC(O)(P(O)O)P(=O)(O)O)CCC54C)C2CCC13. The summed E-state index contributed by atoms with van der Waals surface area (Å²) in [5.41, 5.74) is -0.0000936. The summed E-state index contributed by atoms with van der Waals surface area (Å²) in [6.45, 7) is 4.08. The molecule has 270 valence electrons. The Morgan fingerprint density at radius 1 is 0.979 bits per heavy atom. The van der Waals surface area contributed by atoms with E-state index in [4.69, 9.17) is 9.47 Å². The van der Waals surface area contributed by atoms with Crippen molar-refractivity contribution in [3.8, 4) is 0 Å². The minimum Gasteiger partial charge on any atom is -0.446 e. The minimum atomic E-state index is -5.21. The monoisotopic (exact) mass is 706 g/mol. The van der Waals surface area contributed by atoms with Gasteiger partial charge in [0.1, 0.15) is 6.10 Å². The molecule has 5 fully saturated rings. The minimum absolute atomic E-state index is 0.0270. The summed E-state index contributed by atoms with van der Waals surface area (Å²) in [6, 6.07) is 0. The molecule has 47 heavy (non-hydrogen) atoms. The van der Waals surface area contributed by atoms with E-state index in [1.54, 1.807) is 0 Å². The molecule has 1 saturated heterocycles. The fourth-order valence-electron chi connectivity index (χ4n) is 10.4. The van der Waals surface area contributed by atoms with E-state index in [1.165, 1.54) is 44.9 Å². The van der Waals surface area contributed by atoms with Crippen molar-refractivity contribution in [1.82, 2.24) is 10.6 Å². The van der Waals surface area contributed by atoms with Crippen molar-refractivity contribution in [1.29, 1.82) is 0 Å². The number of ether oxygens (including phenoxy) is 2. The lowest BCUT2D eigenvalue weighted by Gasteiger charge is -2.65. The molecule has 11 atom stereocenters. The number of alkyl carbamates (subject to hydrolysis) is 1. The zero-order valence-corrected chi connectivity index (χ0v) is 29.5. The van der Waals surface area contributed by atoms with Crippen LogP contribution in [0.1, 0.15) is 110 Å². The largest absolute Gasteiger partial charge is 0.446 e. The molecule has 13 nitrogen and oxygen atoms in total. The molecule has 15 heteroatoms. The molecular weight excluding hydrogens is 650 g/mol. The maximum Gasteiger partial charge on any atom is 0.407 e. The third kappa shape index (κ3) is 7.31. The van der Waals surface area contributed by atoms with Gasteiger partial charge in [0, 0.05) is 12.5 Å². The number of carbonyl (C=O) groups excluding carboxylic acids is 2. The highest BCUT2D eigenvalue weighted by Gasteiger charge is 2.69. The highest BCUT2D eigenvalue weighted by Crippen LogP contribution is 2.69. The number of carbonyl (C=O) groups is 2. The molecule has 0 aromatic carbocycles. The summed E-state index contributed by atoms with van der Waals surface area (Å²) in [5, 5.41) is 23.4. The van der Waals surface area contributed by atoms with Gasteiger partial charge in [-0.3, -0.25) is 9.36 Å². The molecule has 4 saturated carbocycles. The lowest BCUT2D eigenvalue weighted by atomic mass is 9.45. The number of nitrogens with one attached hydrogen (secondary N) is 2. The number of hydrogen-bond acceptors (Lipinski definition) is 9. The van der Waals surface area contributed by atoms with Gasteiger partial charge in [-0.05, 0) is 99.7 Å². The van der Waals surface area contributed by atoms with E-state index in [1.807, 2.05) is 0 Å². The van der Waals surface area contributed by atoms with E-state index in [-0.39, 0.29) is 42.5 Å². The molecule has 1 aliphatic heterocycles. The van der Waals surface area contributed by atoms with Crippen LogP contribution in [0, 0.1) is 35.0 Å². The van der Waals surface area contributed by atoms with Crippen molar-refractivity contribution in [2.75, 3.05) is 13.1 Å². The van der Waals surface area contributed by atoms with Crippen LogP contribution in [-0.2, 0) is 18.8 Å². The molecule has 0 bridgehead atoms. The van der Waals surface area contributed by atoms with Crippen molar-refractivity contribution in [3.05, 3.63) is 0 Å². The van der Waals surface area contributed by atoms with Gasteiger partial charge in [0.15, 0.2) is 0 Å². The third-order valence-corrected chi connectivity index (χ3v) is 16.1. The number of rotatable bonds is 14. The zero-order chi connectivity index (χ0) is 34.2. The molecule has 5 aliphatic rings. The van der Waals surface area contributed by atoms with Gasteiger partial charge in [-0.2, -0.15) is 0 Å². The fourth-order valence-corrected chi connectivity index (χ4v) is 12.1. The van der Waals surface area contributed by atoms with Crippen molar-refractivity contribution in [3.63, 3.8) is 0 Å². The van der Waals surface area contributed by atoms with Crippen LogP contribution < -0.4 is 10.6 Å². The number of aliphatic hydroxyl groups excluding tert-OH is 1. The average Bonchev–Trinajstić information content (AvgIpc) is 3.30. The predicted molar refractivity (Wildman–Crippen MR) is 174 cm³/mol. The molecule has 5 rings (SSSR count). The normalized spacial score (nSPS) is 39.0. The standard InChI is InChI=1S/C32H56N2O11P2/c1-3-4-5-6-8-27-24-10-9-23-21-18-26(35)25-17-20(11-14-30(25,2)22(21)12-15-31(23,24)45-27)44-29(37)34-19-28(36)33-16-7-13-32(38,46(39)40)47(41,42)43/h20-27,35,38-40H,3-19H2,1-2H3,(H,33,36)(H,34,37)(H2,41,42,43)/t20?,21?,22-,23?,24?,25?,26-,27?,30?,31?,32?/m0/s1. The van der Waals surface area contributed by atoms with Gasteiger partial charge in [0.2, 0.25) is 19.4 Å². The van der Waals surface area contributed by atoms with Crippen LogP contribution in [-0.4, -0.2) is 83.9 Å². The molecule has 0 aromatic rings. The number of amides is 2. The second-order valence-corrected chi connectivity index (χ2v) is 18.7. The highest BCUT2D eigenvalue weighted by molar-refractivity contribution is 7.69. The van der Waals surface area contributed by atoms with Crippen LogP contribution in [0.25, 0.3) is 0 Å². The Labute approximate surface area is 279 Å². The van der Waals surface area contributed by atoms with Crippen molar-refractivity contribution >= 4 is 28.0 Å². The van der Waals surface area contributed by atoms with Gasteiger partial charge >= 0.3 is 13.7 Å². The first-order valence-electron chi connectivity index (χ1n) is 17.7. The third-order valence-electron chi connectivity index (χ3n) is 12.7. The fraction of sp³-hybridized carbons (Fsp3) is 0.938. The van der Waals surface area contributed by atoms with Crippen LogP contribution in [0.15, 0.2) is 0 Å². The Morgan fingerprint density at radius 2 is 1.72 bits per heavy atom. The molecular formula is C32H56N2O11P2. The van der Waals surface area contributed by atoms with Crippen LogP contribution >= 0.6 is 16.0 Å². The summed E-state index contributed by atoms with van der Waals surface area (Å²) >= 11 is 0. The number of aliphatic hydroxyl groups is 2. The summed E-state index contributed by atoms with van der Waals surface area (Å²) in [4.78, 5) is 61.7. The lowest BCUT2D eigenvalue weighted by Crippen LogP contribution is -2.66. The zero-order valence-electron chi connectivity index (χ0n) is 27.8. The molecule has 8 N–H and O–H groups in total. The van der Waals surface area contributed by atoms with E-state index < -0.39 is 45.6 Å². The average molecular weight is 707 g/mol. The Morgan fingerprint density at radius 3 is 2.43 bits per heavy atom. The van der Waals surface area contributed by atoms with Gasteiger partial charge in [0.25, 0.3) is 0 Å². The van der Waals surface area contributed by atoms with Gasteiger partial charge in [-0.1, -0.05) is 39.5 Å². The Hall–Kier alpha value is -0.880. The molecule has 0 radical (unpaired) electrons. The molecule has 4 aliphatic carbocycles. The van der Waals surface area contributed by atoms with E-state index >= 15 is 0 Å². The lowest BCUT2D eigenvalue weighted by molar-refractivity contribution is -0.301. The summed E-state index contributed by atoms with van der Waals surface area (Å²) in [6.07, 6.45) is 11.9. The van der Waals surface area contributed by atoms with E-state index in [0.29, 0.717) is 42.6 Å². The maximum atomic E-state index is 12.6. The van der Waals surface area contributed by atoms with Crippen molar-refractivity contribution in [2.45, 2.75) is 139 Å². The van der Waals surface area contributed by atoms with Crippen LogP contribution in [0.4, 0.5) is 4.79 Å². The number of fused-ring (bicyclic) bond motifs is 4. The first-order chi connectivity index (χ1) is 22.2. The molecule has 1 heterocycles. The summed E-state index contributed by atoms with van der Waals surface area (Å²) < 4.78 is 23.9. The second-order valence-electron chi connectivity index (χ2n) is 15.2.